The molecule has 0 unspecified atom stereocenters. The fraction of sp³-hybridized carbons (Fsp3) is 0.176. The first kappa shape index (κ1) is 14.9. The van der Waals surface area contributed by atoms with Gasteiger partial charge >= 0.3 is 5.69 Å². The van der Waals surface area contributed by atoms with Gasteiger partial charge < -0.3 is 9.73 Å². The van der Waals surface area contributed by atoms with Crippen LogP contribution in [-0.2, 0) is 20.1 Å². The Balaban J connectivity index is 1.96. The first-order valence-electron chi connectivity index (χ1n) is 7.26. The number of hydrogen-bond acceptors (Lipinski definition) is 4. The molecule has 0 fully saturated rings. The lowest BCUT2D eigenvalue weighted by Gasteiger charge is -2.15. The van der Waals surface area contributed by atoms with Crippen molar-refractivity contribution in [1.29, 1.82) is 0 Å². The highest BCUT2D eigenvalue weighted by Gasteiger charge is 2.10. The van der Waals surface area contributed by atoms with E-state index < -0.39 is 0 Å². The summed E-state index contributed by atoms with van der Waals surface area (Å²) in [6, 6.07) is 14.7. The molecule has 2 heterocycles. The molecule has 0 amide bonds. The highest BCUT2D eigenvalue weighted by Crippen LogP contribution is 2.09. The highest BCUT2D eigenvalue weighted by atomic mass is 16.3. The van der Waals surface area contributed by atoms with Crippen molar-refractivity contribution in [3.05, 3.63) is 87.0 Å². The van der Waals surface area contributed by atoms with Gasteiger partial charge in [0.25, 0.3) is 5.56 Å². The highest BCUT2D eigenvalue weighted by molar-refractivity contribution is 5.35. The maximum atomic E-state index is 12.4. The summed E-state index contributed by atoms with van der Waals surface area (Å²) in [7, 11) is 1.47. The average molecular weight is 311 g/mol. The zero-order valence-electron chi connectivity index (χ0n) is 12.7. The van der Waals surface area contributed by atoms with Crippen LogP contribution in [0.3, 0.4) is 0 Å². The quantitative estimate of drug-likeness (QED) is 0.780. The largest absolute Gasteiger partial charge is 0.467 e. The molecular weight excluding hydrogens is 294 g/mol. The summed E-state index contributed by atoms with van der Waals surface area (Å²) in [5, 5.41) is 3.10. The molecule has 0 aliphatic rings. The summed E-state index contributed by atoms with van der Waals surface area (Å²) < 4.78 is 7.90. The molecule has 0 spiro atoms. The van der Waals surface area contributed by atoms with Crippen molar-refractivity contribution < 1.29 is 4.42 Å². The fourth-order valence-corrected chi connectivity index (χ4v) is 2.33. The lowest BCUT2D eigenvalue weighted by atomic mass is 10.2. The summed E-state index contributed by atoms with van der Waals surface area (Å²) >= 11 is 0. The van der Waals surface area contributed by atoms with Gasteiger partial charge in [-0.3, -0.25) is 13.9 Å². The molecule has 0 atom stereocenters. The number of hydrogen-bond donors (Lipinski definition) is 1. The number of nitrogens with one attached hydrogen (secondary N) is 1. The summed E-state index contributed by atoms with van der Waals surface area (Å²) in [6.07, 6.45) is 1.58. The van der Waals surface area contributed by atoms with Gasteiger partial charge in [-0.05, 0) is 17.7 Å². The van der Waals surface area contributed by atoms with Gasteiger partial charge in [0.2, 0.25) is 0 Å². The zero-order chi connectivity index (χ0) is 16.2. The summed E-state index contributed by atoms with van der Waals surface area (Å²) in [5.74, 6) is 1.20. The molecule has 1 aromatic carbocycles. The molecule has 1 N–H and O–H groups in total. The van der Waals surface area contributed by atoms with Gasteiger partial charge in [0, 0.05) is 13.1 Å². The Morgan fingerprint density at radius 3 is 2.57 bits per heavy atom. The van der Waals surface area contributed by atoms with E-state index in [9.17, 15) is 9.59 Å². The Morgan fingerprint density at radius 2 is 1.87 bits per heavy atom. The smallest absolute Gasteiger partial charge is 0.332 e. The number of anilines is 1. The van der Waals surface area contributed by atoms with Crippen LogP contribution in [-0.4, -0.2) is 9.13 Å². The molecule has 6 nitrogen and oxygen atoms in total. The van der Waals surface area contributed by atoms with E-state index in [1.54, 1.807) is 16.9 Å². The molecule has 23 heavy (non-hydrogen) atoms. The number of aromatic nitrogens is 2. The predicted octanol–water partition coefficient (Wildman–Crippen LogP) is 1.80. The number of benzene rings is 1. The molecule has 2 aromatic heterocycles. The van der Waals surface area contributed by atoms with Crippen LogP contribution in [0.2, 0.25) is 0 Å². The van der Waals surface area contributed by atoms with Gasteiger partial charge in [0.1, 0.15) is 11.6 Å². The number of rotatable bonds is 5. The van der Waals surface area contributed by atoms with Crippen LogP contribution in [0.5, 0.6) is 0 Å². The molecule has 0 aliphatic heterocycles. The Bertz CT molecular complexity index is 893. The van der Waals surface area contributed by atoms with Gasteiger partial charge in [-0.1, -0.05) is 30.3 Å². The van der Waals surface area contributed by atoms with Gasteiger partial charge in [-0.2, -0.15) is 0 Å². The monoisotopic (exact) mass is 311 g/mol. The minimum absolute atomic E-state index is 0.346. The molecule has 0 saturated heterocycles. The third kappa shape index (κ3) is 3.26. The first-order chi connectivity index (χ1) is 11.1. The molecule has 0 bridgehead atoms. The number of furan rings is 1. The molecule has 118 valence electrons. The SMILES string of the molecule is Cn1c(=O)cc(NCc2ccco2)n(Cc2ccccc2)c1=O. The zero-order valence-corrected chi connectivity index (χ0v) is 12.7. The van der Waals surface area contributed by atoms with E-state index in [1.807, 2.05) is 36.4 Å². The van der Waals surface area contributed by atoms with Crippen LogP contribution >= 0.6 is 0 Å². The Hall–Kier alpha value is -3.02. The van der Waals surface area contributed by atoms with Gasteiger partial charge in [0.15, 0.2) is 0 Å². The van der Waals surface area contributed by atoms with Crippen molar-refractivity contribution in [1.82, 2.24) is 9.13 Å². The normalized spacial score (nSPS) is 10.7. The molecule has 3 aromatic rings. The molecule has 3 rings (SSSR count). The third-order valence-corrected chi connectivity index (χ3v) is 3.61. The summed E-state index contributed by atoms with van der Waals surface area (Å²) in [6.45, 7) is 0.780. The van der Waals surface area contributed by atoms with E-state index in [0.717, 1.165) is 15.9 Å². The number of nitrogens with zero attached hydrogens (tertiary/aromatic N) is 2. The van der Waals surface area contributed by atoms with Crippen LogP contribution in [0, 0.1) is 0 Å². The van der Waals surface area contributed by atoms with Crippen LogP contribution in [0.25, 0.3) is 0 Å². The molecular formula is C17H17N3O3. The van der Waals surface area contributed by atoms with E-state index in [4.69, 9.17) is 4.42 Å². The Morgan fingerprint density at radius 1 is 1.09 bits per heavy atom. The van der Waals surface area contributed by atoms with Crippen LogP contribution in [0.15, 0.2) is 68.8 Å². The Kier molecular flexibility index (Phi) is 4.14. The van der Waals surface area contributed by atoms with Crippen LogP contribution in [0.4, 0.5) is 5.82 Å². The van der Waals surface area contributed by atoms with Crippen molar-refractivity contribution in [2.75, 3.05) is 5.32 Å². The first-order valence-corrected chi connectivity index (χ1v) is 7.26. The van der Waals surface area contributed by atoms with Crippen molar-refractivity contribution in [3.8, 4) is 0 Å². The predicted molar refractivity (Wildman–Crippen MR) is 87.5 cm³/mol. The Labute approximate surface area is 132 Å². The summed E-state index contributed by atoms with van der Waals surface area (Å²) in [4.78, 5) is 24.4. The lowest BCUT2D eigenvalue weighted by Crippen LogP contribution is -2.38. The van der Waals surface area contributed by atoms with Crippen molar-refractivity contribution in [3.63, 3.8) is 0 Å². The second-order valence-electron chi connectivity index (χ2n) is 5.21. The topological polar surface area (TPSA) is 69.2 Å². The molecule has 0 aliphatic carbocycles. The maximum Gasteiger partial charge on any atom is 0.332 e. The van der Waals surface area contributed by atoms with Gasteiger partial charge in [0.05, 0.1) is 19.4 Å². The van der Waals surface area contributed by atoms with E-state index in [2.05, 4.69) is 5.32 Å². The minimum Gasteiger partial charge on any atom is -0.467 e. The summed E-state index contributed by atoms with van der Waals surface area (Å²) in [5.41, 5.74) is 0.277. The maximum absolute atomic E-state index is 12.4. The van der Waals surface area contributed by atoms with Gasteiger partial charge in [-0.15, -0.1) is 0 Å². The molecule has 0 radical (unpaired) electrons. The van der Waals surface area contributed by atoms with Crippen molar-refractivity contribution in [2.24, 2.45) is 7.05 Å². The third-order valence-electron chi connectivity index (χ3n) is 3.61. The second kappa shape index (κ2) is 6.39. The average Bonchev–Trinajstić information content (AvgIpc) is 3.08. The van der Waals surface area contributed by atoms with Crippen molar-refractivity contribution in [2.45, 2.75) is 13.1 Å². The fourth-order valence-electron chi connectivity index (χ4n) is 2.33. The minimum atomic E-state index is -0.358. The van der Waals surface area contributed by atoms with Crippen molar-refractivity contribution >= 4 is 5.82 Å². The van der Waals surface area contributed by atoms with Crippen LogP contribution < -0.4 is 16.6 Å². The second-order valence-corrected chi connectivity index (χ2v) is 5.21. The van der Waals surface area contributed by atoms with E-state index in [1.165, 1.54) is 13.1 Å². The molecule has 6 heteroatoms. The van der Waals surface area contributed by atoms with E-state index in [0.29, 0.717) is 18.9 Å². The van der Waals surface area contributed by atoms with Crippen LogP contribution in [0.1, 0.15) is 11.3 Å². The van der Waals surface area contributed by atoms with E-state index >= 15 is 0 Å². The van der Waals surface area contributed by atoms with E-state index in [-0.39, 0.29) is 11.2 Å². The van der Waals surface area contributed by atoms with Gasteiger partial charge in [-0.25, -0.2) is 4.79 Å². The standard InChI is InChI=1S/C17H17N3O3/c1-19-16(21)10-15(18-11-14-8-5-9-23-14)20(17(19)22)12-13-6-3-2-4-7-13/h2-10,18H,11-12H2,1H3. The lowest BCUT2D eigenvalue weighted by molar-refractivity contribution is 0.516. The molecule has 0 saturated carbocycles.